The number of amides is 2. The van der Waals surface area contributed by atoms with Crippen LogP contribution in [0.15, 0.2) is 11.4 Å². The van der Waals surface area contributed by atoms with Crippen molar-refractivity contribution in [2.45, 2.75) is 51.0 Å². The summed E-state index contributed by atoms with van der Waals surface area (Å²) in [7, 11) is 1.61. The van der Waals surface area contributed by atoms with Gasteiger partial charge in [-0.2, -0.15) is 5.10 Å². The van der Waals surface area contributed by atoms with Crippen molar-refractivity contribution in [3.8, 4) is 0 Å². The molecule has 4 rings (SSSR count). The SMILES string of the molecule is CCCN1CCc2[nH]cnc2C12CCN(C(=O)C1=NN(C)C(=O)CC1)CC2. The van der Waals surface area contributed by atoms with Crippen LogP contribution in [0.2, 0.25) is 0 Å². The van der Waals surface area contributed by atoms with Gasteiger partial charge in [-0.25, -0.2) is 9.99 Å². The number of hydrazone groups is 1. The highest BCUT2D eigenvalue weighted by molar-refractivity contribution is 6.39. The molecule has 1 aromatic heterocycles. The van der Waals surface area contributed by atoms with Crippen LogP contribution in [0.5, 0.6) is 0 Å². The minimum Gasteiger partial charge on any atom is -0.348 e. The van der Waals surface area contributed by atoms with Gasteiger partial charge in [0.25, 0.3) is 5.91 Å². The Kier molecular flexibility index (Phi) is 4.75. The molecular weight excluding hydrogens is 344 g/mol. The number of carbonyl (C=O) groups excluding carboxylic acids is 2. The lowest BCUT2D eigenvalue weighted by Gasteiger charge is -2.50. The number of hydrogen-bond acceptors (Lipinski definition) is 5. The summed E-state index contributed by atoms with van der Waals surface area (Å²) in [5.74, 6) is -0.0584. The van der Waals surface area contributed by atoms with Crippen LogP contribution in [0.1, 0.15) is 50.4 Å². The summed E-state index contributed by atoms with van der Waals surface area (Å²) >= 11 is 0. The molecule has 0 bridgehead atoms. The summed E-state index contributed by atoms with van der Waals surface area (Å²) in [6, 6.07) is 0. The topological polar surface area (TPSA) is 84.9 Å². The van der Waals surface area contributed by atoms with Gasteiger partial charge >= 0.3 is 0 Å². The van der Waals surface area contributed by atoms with Crippen molar-refractivity contribution in [1.29, 1.82) is 0 Å². The molecule has 0 aliphatic carbocycles. The minimum atomic E-state index is -0.0680. The molecule has 27 heavy (non-hydrogen) atoms. The zero-order chi connectivity index (χ0) is 19.0. The second-order valence-electron chi connectivity index (χ2n) is 7.75. The van der Waals surface area contributed by atoms with Gasteiger partial charge in [0.15, 0.2) is 0 Å². The minimum absolute atomic E-state index is 0.0238. The molecule has 0 atom stereocenters. The number of piperidine rings is 1. The van der Waals surface area contributed by atoms with Gasteiger partial charge in [-0.3, -0.25) is 14.5 Å². The van der Waals surface area contributed by atoms with Crippen molar-refractivity contribution in [2.75, 3.05) is 33.2 Å². The maximum atomic E-state index is 12.9. The number of nitrogens with one attached hydrogen (secondary N) is 1. The zero-order valence-corrected chi connectivity index (χ0v) is 16.2. The second-order valence-corrected chi connectivity index (χ2v) is 7.75. The van der Waals surface area contributed by atoms with E-state index < -0.39 is 0 Å². The quantitative estimate of drug-likeness (QED) is 0.861. The first-order valence-electron chi connectivity index (χ1n) is 9.96. The van der Waals surface area contributed by atoms with Crippen molar-refractivity contribution >= 4 is 17.5 Å². The van der Waals surface area contributed by atoms with E-state index in [1.807, 2.05) is 11.2 Å². The fourth-order valence-corrected chi connectivity index (χ4v) is 4.76. The summed E-state index contributed by atoms with van der Waals surface area (Å²) in [6.07, 6.45) is 6.51. The molecule has 1 fully saturated rings. The molecule has 146 valence electrons. The van der Waals surface area contributed by atoms with Crippen LogP contribution in [-0.2, 0) is 21.5 Å². The molecule has 8 nitrogen and oxygen atoms in total. The number of nitrogens with zero attached hydrogens (tertiary/aromatic N) is 5. The third-order valence-corrected chi connectivity index (χ3v) is 6.22. The predicted octanol–water partition coefficient (Wildman–Crippen LogP) is 1.10. The van der Waals surface area contributed by atoms with Gasteiger partial charge in [0.2, 0.25) is 5.91 Å². The van der Waals surface area contributed by atoms with Crippen molar-refractivity contribution < 1.29 is 9.59 Å². The number of likely N-dealkylation sites (tertiary alicyclic amines) is 1. The first-order valence-corrected chi connectivity index (χ1v) is 9.96. The highest BCUT2D eigenvalue weighted by Gasteiger charge is 2.47. The predicted molar refractivity (Wildman–Crippen MR) is 101 cm³/mol. The Bertz CT molecular complexity index is 762. The lowest BCUT2D eigenvalue weighted by Crippen LogP contribution is -2.58. The summed E-state index contributed by atoms with van der Waals surface area (Å²) in [5.41, 5.74) is 2.86. The van der Waals surface area contributed by atoms with Crippen LogP contribution in [0.4, 0.5) is 0 Å². The number of carbonyl (C=O) groups is 2. The molecule has 0 saturated carbocycles. The van der Waals surface area contributed by atoms with Gasteiger partial charge < -0.3 is 9.88 Å². The average Bonchev–Trinajstić information content (AvgIpc) is 3.16. The van der Waals surface area contributed by atoms with Crippen LogP contribution in [0, 0.1) is 0 Å². The first-order chi connectivity index (χ1) is 13.0. The maximum absolute atomic E-state index is 12.9. The molecule has 0 unspecified atom stereocenters. The van der Waals surface area contributed by atoms with E-state index in [0.29, 0.717) is 31.6 Å². The van der Waals surface area contributed by atoms with Gasteiger partial charge in [-0.1, -0.05) is 6.92 Å². The van der Waals surface area contributed by atoms with E-state index in [2.05, 4.69) is 26.9 Å². The molecule has 8 heteroatoms. The number of imidazole rings is 1. The van der Waals surface area contributed by atoms with E-state index in [1.165, 1.54) is 16.4 Å². The number of aromatic nitrogens is 2. The van der Waals surface area contributed by atoms with Crippen LogP contribution in [0.25, 0.3) is 0 Å². The van der Waals surface area contributed by atoms with Gasteiger partial charge in [0.1, 0.15) is 5.71 Å². The molecule has 1 N–H and O–H groups in total. The van der Waals surface area contributed by atoms with Crippen LogP contribution < -0.4 is 0 Å². The maximum Gasteiger partial charge on any atom is 0.270 e. The zero-order valence-electron chi connectivity index (χ0n) is 16.2. The van der Waals surface area contributed by atoms with E-state index >= 15 is 0 Å². The summed E-state index contributed by atoms with van der Waals surface area (Å²) < 4.78 is 0. The number of hydrogen-bond donors (Lipinski definition) is 1. The van der Waals surface area contributed by atoms with E-state index in [9.17, 15) is 9.59 Å². The molecular formula is C19H28N6O2. The molecule has 1 saturated heterocycles. The average molecular weight is 372 g/mol. The largest absolute Gasteiger partial charge is 0.348 e. The molecule has 4 heterocycles. The Balaban J connectivity index is 1.52. The van der Waals surface area contributed by atoms with Gasteiger partial charge in [0.05, 0.1) is 17.6 Å². The molecule has 1 aromatic rings. The smallest absolute Gasteiger partial charge is 0.270 e. The van der Waals surface area contributed by atoms with E-state index in [-0.39, 0.29) is 17.4 Å². The molecule has 3 aliphatic rings. The second kappa shape index (κ2) is 7.07. The number of rotatable bonds is 3. The highest BCUT2D eigenvalue weighted by atomic mass is 16.2. The Hall–Kier alpha value is -2.22. The number of H-pyrrole nitrogens is 1. The van der Waals surface area contributed by atoms with Crippen molar-refractivity contribution in [3.05, 3.63) is 17.7 Å². The van der Waals surface area contributed by atoms with Crippen LogP contribution in [-0.4, -0.2) is 75.5 Å². The Morgan fingerprint density at radius 1 is 1.22 bits per heavy atom. The Labute approximate surface area is 159 Å². The number of aromatic amines is 1. The van der Waals surface area contributed by atoms with Gasteiger partial charge in [-0.15, -0.1) is 0 Å². The molecule has 3 aliphatic heterocycles. The van der Waals surface area contributed by atoms with Gasteiger partial charge in [0, 0.05) is 51.6 Å². The summed E-state index contributed by atoms with van der Waals surface area (Å²) in [4.78, 5) is 37.0. The van der Waals surface area contributed by atoms with Crippen LogP contribution >= 0.6 is 0 Å². The van der Waals surface area contributed by atoms with E-state index in [0.717, 1.165) is 38.8 Å². The van der Waals surface area contributed by atoms with Crippen molar-refractivity contribution in [1.82, 2.24) is 24.8 Å². The third-order valence-electron chi connectivity index (χ3n) is 6.22. The van der Waals surface area contributed by atoms with E-state index in [4.69, 9.17) is 0 Å². The lowest BCUT2D eigenvalue weighted by atomic mass is 9.78. The standard InChI is InChI=1S/C19H28N6O2/c1-3-9-25-10-6-14-17(21-13-20-14)19(25)7-11-24(12-8-19)18(27)15-4-5-16(26)23(2)22-15/h13H,3-12H2,1-2H3,(H,20,21). The summed E-state index contributed by atoms with van der Waals surface area (Å²) in [6.45, 7) is 5.70. The van der Waals surface area contributed by atoms with Crippen LogP contribution in [0.3, 0.4) is 0 Å². The fraction of sp³-hybridized carbons (Fsp3) is 0.684. The normalized spacial score (nSPS) is 22.7. The van der Waals surface area contributed by atoms with E-state index in [1.54, 1.807) is 7.05 Å². The Morgan fingerprint density at radius 2 is 2.00 bits per heavy atom. The molecule has 0 aromatic carbocycles. The lowest BCUT2D eigenvalue weighted by molar-refractivity contribution is -0.131. The van der Waals surface area contributed by atoms with Gasteiger partial charge in [-0.05, 0) is 25.8 Å². The number of fused-ring (bicyclic) bond motifs is 2. The third kappa shape index (κ3) is 3.05. The van der Waals surface area contributed by atoms with Crippen molar-refractivity contribution in [3.63, 3.8) is 0 Å². The monoisotopic (exact) mass is 372 g/mol. The molecule has 2 amide bonds. The fourth-order valence-electron chi connectivity index (χ4n) is 4.76. The Morgan fingerprint density at radius 3 is 2.70 bits per heavy atom. The molecule has 1 spiro atoms. The highest BCUT2D eigenvalue weighted by Crippen LogP contribution is 2.42. The molecule has 0 radical (unpaired) electrons. The summed E-state index contributed by atoms with van der Waals surface area (Å²) in [5, 5.41) is 5.49. The first kappa shape index (κ1) is 18.2. The van der Waals surface area contributed by atoms with Crippen molar-refractivity contribution in [2.24, 2.45) is 5.10 Å².